The highest BCUT2D eigenvalue weighted by molar-refractivity contribution is 6.42. The van der Waals surface area contributed by atoms with Crippen molar-refractivity contribution in [1.82, 2.24) is 14.8 Å². The number of nitrogens with zero attached hydrogens (tertiary/aromatic N) is 3. The van der Waals surface area contributed by atoms with Crippen LogP contribution in [0.2, 0.25) is 10.0 Å². The first kappa shape index (κ1) is 21.0. The van der Waals surface area contributed by atoms with Crippen LogP contribution in [0, 0.1) is 5.82 Å². The van der Waals surface area contributed by atoms with E-state index in [0.29, 0.717) is 32.8 Å². The van der Waals surface area contributed by atoms with Crippen LogP contribution in [0.3, 0.4) is 0 Å². The van der Waals surface area contributed by atoms with E-state index >= 15 is 0 Å². The van der Waals surface area contributed by atoms with Crippen molar-refractivity contribution in [3.05, 3.63) is 94.0 Å². The molecule has 0 fully saturated rings. The van der Waals surface area contributed by atoms with E-state index in [2.05, 4.69) is 22.3 Å². The zero-order valence-corrected chi connectivity index (χ0v) is 18.0. The number of rotatable bonds is 5. The van der Waals surface area contributed by atoms with E-state index in [0.717, 1.165) is 6.42 Å². The molecule has 4 aromatic rings. The Bertz CT molecular complexity index is 1240. The van der Waals surface area contributed by atoms with E-state index in [4.69, 9.17) is 23.2 Å². The first-order valence-electron chi connectivity index (χ1n) is 9.53. The molecule has 0 aliphatic carbocycles. The number of hydrogen-bond donors (Lipinski definition) is 1. The van der Waals surface area contributed by atoms with Gasteiger partial charge in [-0.15, -0.1) is 5.10 Å². The van der Waals surface area contributed by atoms with Crippen molar-refractivity contribution in [2.75, 3.05) is 5.32 Å². The zero-order chi connectivity index (χ0) is 22.0. The fraction of sp³-hybridized carbons (Fsp3) is 0.0870. The Morgan fingerprint density at radius 2 is 1.71 bits per heavy atom. The monoisotopic (exact) mass is 454 g/mol. The lowest BCUT2D eigenvalue weighted by Crippen LogP contribution is -2.14. The summed E-state index contributed by atoms with van der Waals surface area (Å²) in [5.74, 6) is -0.515. The van der Waals surface area contributed by atoms with Crippen molar-refractivity contribution < 1.29 is 9.18 Å². The number of aromatic nitrogens is 3. The van der Waals surface area contributed by atoms with Gasteiger partial charge in [-0.25, -0.2) is 14.1 Å². The number of hydrogen-bond acceptors (Lipinski definition) is 3. The summed E-state index contributed by atoms with van der Waals surface area (Å²) < 4.78 is 14.9. The van der Waals surface area contributed by atoms with Crippen molar-refractivity contribution >= 4 is 34.8 Å². The Balaban J connectivity index is 1.73. The normalized spacial score (nSPS) is 10.8. The molecular weight excluding hydrogens is 438 g/mol. The van der Waals surface area contributed by atoms with E-state index in [1.807, 2.05) is 24.3 Å². The number of nitrogens with one attached hydrogen (secondary N) is 1. The fourth-order valence-corrected chi connectivity index (χ4v) is 3.29. The van der Waals surface area contributed by atoms with Crippen LogP contribution in [0.5, 0.6) is 0 Å². The standard InChI is InChI=1S/C23H17Cl2FN4O/c1-2-14-3-9-17(10-4-14)27-23(31)21-28-22(15-5-7-16(26)8-6-15)30(29-21)18-11-12-19(24)20(25)13-18/h3-13H,2H2,1H3,(H,27,31). The number of carbonyl (C=O) groups is 1. The SMILES string of the molecule is CCc1ccc(NC(=O)c2nc(-c3ccc(F)cc3)n(-c3ccc(Cl)c(Cl)c3)n2)cc1. The van der Waals surface area contributed by atoms with E-state index in [1.54, 1.807) is 30.3 Å². The van der Waals surface area contributed by atoms with Gasteiger partial charge in [-0.2, -0.15) is 0 Å². The number of aryl methyl sites for hydroxylation is 1. The maximum atomic E-state index is 13.4. The highest BCUT2D eigenvalue weighted by Crippen LogP contribution is 2.27. The number of amides is 1. The maximum Gasteiger partial charge on any atom is 0.295 e. The van der Waals surface area contributed by atoms with Crippen LogP contribution in [0.1, 0.15) is 23.1 Å². The second-order valence-corrected chi connectivity index (χ2v) is 7.60. The molecule has 8 heteroatoms. The number of carbonyl (C=O) groups excluding carboxylic acids is 1. The van der Waals surface area contributed by atoms with E-state index in [-0.39, 0.29) is 11.6 Å². The van der Waals surface area contributed by atoms with Crippen LogP contribution in [-0.2, 0) is 6.42 Å². The average molecular weight is 455 g/mol. The van der Waals surface area contributed by atoms with Gasteiger partial charge in [-0.05, 0) is 66.6 Å². The molecule has 0 unspecified atom stereocenters. The van der Waals surface area contributed by atoms with E-state index in [9.17, 15) is 9.18 Å². The van der Waals surface area contributed by atoms with Gasteiger partial charge < -0.3 is 5.32 Å². The van der Waals surface area contributed by atoms with Gasteiger partial charge in [0.25, 0.3) is 5.91 Å². The van der Waals surface area contributed by atoms with Crippen molar-refractivity contribution in [2.45, 2.75) is 13.3 Å². The molecule has 5 nitrogen and oxygen atoms in total. The molecule has 31 heavy (non-hydrogen) atoms. The van der Waals surface area contributed by atoms with Gasteiger partial charge in [-0.3, -0.25) is 4.79 Å². The molecule has 156 valence electrons. The van der Waals surface area contributed by atoms with Crippen molar-refractivity contribution in [3.63, 3.8) is 0 Å². The Morgan fingerprint density at radius 1 is 1.00 bits per heavy atom. The van der Waals surface area contributed by atoms with Crippen LogP contribution in [0.15, 0.2) is 66.7 Å². The third-order valence-electron chi connectivity index (χ3n) is 4.68. The minimum atomic E-state index is -0.466. The molecular formula is C23H17Cl2FN4O. The van der Waals surface area contributed by atoms with E-state index < -0.39 is 5.91 Å². The smallest absolute Gasteiger partial charge is 0.295 e. The summed E-state index contributed by atoms with van der Waals surface area (Å²) in [6, 6.07) is 18.3. The molecule has 4 rings (SSSR count). The summed E-state index contributed by atoms with van der Waals surface area (Å²) in [7, 11) is 0. The van der Waals surface area contributed by atoms with Gasteiger partial charge in [-0.1, -0.05) is 42.3 Å². The molecule has 1 heterocycles. The van der Waals surface area contributed by atoms with Gasteiger partial charge in [0.1, 0.15) is 5.82 Å². The first-order chi connectivity index (χ1) is 14.9. The third-order valence-corrected chi connectivity index (χ3v) is 5.42. The molecule has 0 aliphatic rings. The molecule has 0 atom stereocenters. The fourth-order valence-electron chi connectivity index (χ4n) is 3.00. The van der Waals surface area contributed by atoms with Gasteiger partial charge >= 0.3 is 0 Å². The molecule has 0 spiro atoms. The minimum absolute atomic E-state index is 0.0371. The van der Waals surface area contributed by atoms with Crippen molar-refractivity contribution in [1.29, 1.82) is 0 Å². The van der Waals surface area contributed by atoms with Gasteiger partial charge in [0.05, 0.1) is 15.7 Å². The Morgan fingerprint density at radius 3 is 2.35 bits per heavy atom. The van der Waals surface area contributed by atoms with E-state index in [1.165, 1.54) is 22.4 Å². The van der Waals surface area contributed by atoms with Crippen LogP contribution >= 0.6 is 23.2 Å². The molecule has 1 amide bonds. The Labute approximate surface area is 188 Å². The molecule has 1 N–H and O–H groups in total. The number of halogens is 3. The van der Waals surface area contributed by atoms with Gasteiger partial charge in [0.2, 0.25) is 5.82 Å². The molecule has 0 radical (unpaired) electrons. The topological polar surface area (TPSA) is 59.8 Å². The maximum absolute atomic E-state index is 13.4. The van der Waals surface area contributed by atoms with Crippen LogP contribution in [0.4, 0.5) is 10.1 Å². The van der Waals surface area contributed by atoms with Gasteiger partial charge in [0.15, 0.2) is 5.82 Å². The van der Waals surface area contributed by atoms with Crippen LogP contribution in [-0.4, -0.2) is 20.7 Å². The largest absolute Gasteiger partial charge is 0.319 e. The molecule has 0 bridgehead atoms. The Kier molecular flexibility index (Phi) is 6.02. The molecule has 0 saturated heterocycles. The summed E-state index contributed by atoms with van der Waals surface area (Å²) >= 11 is 12.2. The summed E-state index contributed by atoms with van der Waals surface area (Å²) in [5, 5.41) is 7.90. The number of anilines is 1. The molecule has 1 aromatic heterocycles. The lowest BCUT2D eigenvalue weighted by atomic mass is 10.1. The summed E-state index contributed by atoms with van der Waals surface area (Å²) in [6.07, 6.45) is 0.908. The lowest BCUT2D eigenvalue weighted by Gasteiger charge is -2.07. The number of benzene rings is 3. The predicted octanol–water partition coefficient (Wildman–Crippen LogP) is 6.19. The highest BCUT2D eigenvalue weighted by atomic mass is 35.5. The van der Waals surface area contributed by atoms with Gasteiger partial charge in [0, 0.05) is 11.3 Å². The minimum Gasteiger partial charge on any atom is -0.319 e. The predicted molar refractivity (Wildman–Crippen MR) is 121 cm³/mol. The first-order valence-corrected chi connectivity index (χ1v) is 10.3. The third kappa shape index (κ3) is 4.60. The second kappa shape index (κ2) is 8.88. The summed E-state index contributed by atoms with van der Waals surface area (Å²) in [4.78, 5) is 17.2. The quantitative estimate of drug-likeness (QED) is 0.390. The van der Waals surface area contributed by atoms with Crippen LogP contribution in [0.25, 0.3) is 17.1 Å². The Hall–Kier alpha value is -3.22. The molecule has 0 saturated carbocycles. The summed E-state index contributed by atoms with van der Waals surface area (Å²) in [5.41, 5.74) is 2.95. The van der Waals surface area contributed by atoms with Crippen molar-refractivity contribution in [2.24, 2.45) is 0 Å². The average Bonchev–Trinajstić information content (AvgIpc) is 3.22. The molecule has 0 aliphatic heterocycles. The lowest BCUT2D eigenvalue weighted by molar-refractivity contribution is 0.101. The highest BCUT2D eigenvalue weighted by Gasteiger charge is 2.19. The second-order valence-electron chi connectivity index (χ2n) is 6.78. The van der Waals surface area contributed by atoms with Crippen molar-refractivity contribution in [3.8, 4) is 17.1 Å². The van der Waals surface area contributed by atoms with Crippen LogP contribution < -0.4 is 5.32 Å². The zero-order valence-electron chi connectivity index (χ0n) is 16.4. The molecule has 3 aromatic carbocycles. The summed E-state index contributed by atoms with van der Waals surface area (Å²) in [6.45, 7) is 2.06.